The van der Waals surface area contributed by atoms with Crippen LogP contribution in [0.4, 0.5) is 5.69 Å². The second-order valence-corrected chi connectivity index (χ2v) is 12.0. The number of aryl methyl sites for hydroxylation is 2. The molecule has 0 bridgehead atoms. The number of pyridine rings is 1. The molecular weight excluding hydrogens is 498 g/mol. The van der Waals surface area contributed by atoms with E-state index in [1.165, 1.54) is 39.5 Å². The predicted octanol–water partition coefficient (Wildman–Crippen LogP) is 4.66. The van der Waals surface area contributed by atoms with E-state index in [2.05, 4.69) is 61.7 Å². The molecule has 4 aromatic rings. The van der Waals surface area contributed by atoms with Crippen molar-refractivity contribution in [1.29, 1.82) is 0 Å². The summed E-state index contributed by atoms with van der Waals surface area (Å²) < 4.78 is 8.12. The molecule has 1 N–H and O–H groups in total. The molecule has 2 aromatic heterocycles. The van der Waals surface area contributed by atoms with Crippen molar-refractivity contribution in [3.63, 3.8) is 0 Å². The standard InChI is InChI=1S/C33H43N5O2/c39-26-11-18-35(19-12-26)13-3-6-25-9-10-30-28(24-25)31-33-32(27-7-1-2-8-29(27)34-31)37(16-5-17-38(30)33)15-4-14-36-20-22-40-23-21-36/h1-2,7-10,24,26,39H,3-6,11-23H2. The molecule has 2 aromatic carbocycles. The fourth-order valence-corrected chi connectivity index (χ4v) is 7.18. The third-order valence-corrected chi connectivity index (χ3v) is 9.35. The lowest BCUT2D eigenvalue weighted by molar-refractivity contribution is 0.0376. The lowest BCUT2D eigenvalue weighted by Gasteiger charge is -2.29. The molecule has 40 heavy (non-hydrogen) atoms. The Hall–Kier alpha value is -2.71. The van der Waals surface area contributed by atoms with Crippen LogP contribution < -0.4 is 4.90 Å². The van der Waals surface area contributed by atoms with Gasteiger partial charge in [-0.15, -0.1) is 0 Å². The Balaban J connectivity index is 1.19. The minimum absolute atomic E-state index is 0.100. The maximum atomic E-state index is 9.82. The van der Waals surface area contributed by atoms with Crippen molar-refractivity contribution in [2.45, 2.75) is 51.2 Å². The number of benzene rings is 2. The maximum Gasteiger partial charge on any atom is 0.0989 e. The number of aliphatic hydroxyl groups excluding tert-OH is 1. The number of morpholine rings is 1. The van der Waals surface area contributed by atoms with Crippen molar-refractivity contribution in [2.24, 2.45) is 0 Å². The number of piperidine rings is 1. The lowest BCUT2D eigenvalue weighted by Crippen LogP contribution is -2.38. The second-order valence-electron chi connectivity index (χ2n) is 12.0. The van der Waals surface area contributed by atoms with Gasteiger partial charge in [0.15, 0.2) is 0 Å². The summed E-state index contributed by atoms with van der Waals surface area (Å²) in [6, 6.07) is 15.9. The van der Waals surface area contributed by atoms with Crippen molar-refractivity contribution < 1.29 is 9.84 Å². The molecule has 0 radical (unpaired) electrons. The van der Waals surface area contributed by atoms with Crippen LogP contribution in [0.3, 0.4) is 0 Å². The Bertz CT molecular complexity index is 1470. The van der Waals surface area contributed by atoms with Gasteiger partial charge in [0, 0.05) is 63.1 Å². The quantitative estimate of drug-likeness (QED) is 0.350. The van der Waals surface area contributed by atoms with Crippen LogP contribution in [0.5, 0.6) is 0 Å². The molecule has 2 fully saturated rings. The van der Waals surface area contributed by atoms with Gasteiger partial charge in [-0.1, -0.05) is 24.3 Å². The van der Waals surface area contributed by atoms with Gasteiger partial charge in [-0.2, -0.15) is 0 Å². The number of fused-ring (bicyclic) bond motifs is 5. The molecule has 0 saturated carbocycles. The number of aliphatic hydroxyl groups is 1. The predicted molar refractivity (Wildman–Crippen MR) is 163 cm³/mol. The van der Waals surface area contributed by atoms with Crippen LogP contribution in [0, 0.1) is 0 Å². The number of aromatic nitrogens is 2. The van der Waals surface area contributed by atoms with Gasteiger partial charge in [-0.3, -0.25) is 4.90 Å². The number of ether oxygens (including phenoxy) is 1. The molecule has 7 heteroatoms. The van der Waals surface area contributed by atoms with Crippen LogP contribution in [0.25, 0.3) is 32.8 Å². The van der Waals surface area contributed by atoms with E-state index in [0.29, 0.717) is 0 Å². The average Bonchev–Trinajstić information content (AvgIpc) is 3.15. The number of hydrogen-bond donors (Lipinski definition) is 1. The molecule has 7 rings (SSSR count). The molecule has 7 nitrogen and oxygen atoms in total. The van der Waals surface area contributed by atoms with E-state index in [1.807, 2.05) is 0 Å². The van der Waals surface area contributed by atoms with Crippen LogP contribution in [0.1, 0.15) is 37.7 Å². The second kappa shape index (κ2) is 11.6. The molecule has 3 aliphatic rings. The van der Waals surface area contributed by atoms with Crippen LogP contribution in [-0.2, 0) is 17.7 Å². The molecule has 0 aliphatic carbocycles. The Kier molecular flexibility index (Phi) is 7.63. The first-order chi connectivity index (χ1) is 19.7. The smallest absolute Gasteiger partial charge is 0.0989 e. The fourth-order valence-electron chi connectivity index (χ4n) is 7.18. The Labute approximate surface area is 237 Å². The first kappa shape index (κ1) is 26.2. The van der Waals surface area contributed by atoms with Gasteiger partial charge in [-0.05, 0) is 68.8 Å². The van der Waals surface area contributed by atoms with Crippen molar-refractivity contribution in [3.05, 3.63) is 48.0 Å². The van der Waals surface area contributed by atoms with E-state index in [1.54, 1.807) is 0 Å². The highest BCUT2D eigenvalue weighted by atomic mass is 16.5. The van der Waals surface area contributed by atoms with E-state index in [-0.39, 0.29) is 6.10 Å². The van der Waals surface area contributed by atoms with Gasteiger partial charge in [0.25, 0.3) is 0 Å². The summed E-state index contributed by atoms with van der Waals surface area (Å²) in [6.45, 7) is 11.3. The van der Waals surface area contributed by atoms with Crippen molar-refractivity contribution in [2.75, 3.05) is 70.5 Å². The zero-order valence-electron chi connectivity index (χ0n) is 23.7. The highest BCUT2D eigenvalue weighted by molar-refractivity contribution is 6.16. The molecule has 3 aliphatic heterocycles. The summed E-state index contributed by atoms with van der Waals surface area (Å²) >= 11 is 0. The number of likely N-dealkylation sites (tertiary alicyclic amines) is 1. The minimum Gasteiger partial charge on any atom is -0.393 e. The maximum absolute atomic E-state index is 9.82. The SMILES string of the molecule is OC1CCN(CCCc2ccc3c(c2)c2nc4ccccc4c4c2n3CCCN4CCCN2CCOCC2)CC1. The zero-order chi connectivity index (χ0) is 26.9. The number of anilines is 1. The highest BCUT2D eigenvalue weighted by Crippen LogP contribution is 2.41. The molecule has 0 amide bonds. The summed E-state index contributed by atoms with van der Waals surface area (Å²) in [6.07, 6.45) is 6.27. The molecule has 2 saturated heterocycles. The number of rotatable bonds is 8. The molecule has 0 atom stereocenters. The topological polar surface area (TPSA) is 57.0 Å². The first-order valence-corrected chi connectivity index (χ1v) is 15.5. The summed E-state index contributed by atoms with van der Waals surface area (Å²) in [4.78, 5) is 13.0. The summed E-state index contributed by atoms with van der Waals surface area (Å²) in [7, 11) is 0. The van der Waals surface area contributed by atoms with E-state index in [4.69, 9.17) is 9.72 Å². The normalized spacial score (nSPS) is 19.7. The Morgan fingerprint density at radius 3 is 2.50 bits per heavy atom. The lowest BCUT2D eigenvalue weighted by atomic mass is 10.0. The van der Waals surface area contributed by atoms with Crippen LogP contribution in [0.2, 0.25) is 0 Å². The Morgan fingerprint density at radius 2 is 1.62 bits per heavy atom. The molecule has 0 unspecified atom stereocenters. The third kappa shape index (κ3) is 5.20. The van der Waals surface area contributed by atoms with Gasteiger partial charge in [0.05, 0.1) is 47.1 Å². The van der Waals surface area contributed by atoms with E-state index in [0.717, 1.165) is 115 Å². The van der Waals surface area contributed by atoms with Crippen molar-refractivity contribution in [3.8, 4) is 0 Å². The highest BCUT2D eigenvalue weighted by Gasteiger charge is 2.25. The minimum atomic E-state index is -0.100. The largest absolute Gasteiger partial charge is 0.393 e. The molecule has 5 heterocycles. The van der Waals surface area contributed by atoms with Gasteiger partial charge in [0.2, 0.25) is 0 Å². The molecule has 212 valence electrons. The van der Waals surface area contributed by atoms with Gasteiger partial charge < -0.3 is 24.2 Å². The van der Waals surface area contributed by atoms with E-state index < -0.39 is 0 Å². The number of hydrogen-bond acceptors (Lipinski definition) is 6. The summed E-state index contributed by atoms with van der Waals surface area (Å²) in [5.74, 6) is 0. The van der Waals surface area contributed by atoms with Crippen LogP contribution in [-0.4, -0.2) is 96.1 Å². The van der Waals surface area contributed by atoms with E-state index in [9.17, 15) is 5.11 Å². The van der Waals surface area contributed by atoms with Crippen LogP contribution >= 0.6 is 0 Å². The van der Waals surface area contributed by atoms with Gasteiger partial charge >= 0.3 is 0 Å². The zero-order valence-corrected chi connectivity index (χ0v) is 23.7. The van der Waals surface area contributed by atoms with Gasteiger partial charge in [0.1, 0.15) is 0 Å². The average molecular weight is 542 g/mol. The number of nitrogens with zero attached hydrogens (tertiary/aromatic N) is 5. The fraction of sp³-hybridized carbons (Fsp3) is 0.545. The van der Waals surface area contributed by atoms with Crippen molar-refractivity contribution in [1.82, 2.24) is 19.4 Å². The van der Waals surface area contributed by atoms with Crippen molar-refractivity contribution >= 4 is 38.5 Å². The number of para-hydroxylation sites is 1. The summed E-state index contributed by atoms with van der Waals surface area (Å²) in [5, 5.41) is 12.4. The molecule has 0 spiro atoms. The van der Waals surface area contributed by atoms with Crippen LogP contribution in [0.15, 0.2) is 42.5 Å². The molecular formula is C33H43N5O2. The monoisotopic (exact) mass is 541 g/mol. The van der Waals surface area contributed by atoms with Gasteiger partial charge in [-0.25, -0.2) is 4.98 Å². The van der Waals surface area contributed by atoms with E-state index >= 15 is 0 Å². The third-order valence-electron chi connectivity index (χ3n) is 9.35. The Morgan fingerprint density at radius 1 is 0.825 bits per heavy atom. The summed E-state index contributed by atoms with van der Waals surface area (Å²) in [5.41, 5.74) is 7.69. The first-order valence-electron chi connectivity index (χ1n) is 15.5.